The minimum atomic E-state index is 0.122. The van der Waals surface area contributed by atoms with E-state index in [1.54, 1.807) is 11.3 Å². The van der Waals surface area contributed by atoms with Gasteiger partial charge in [0.25, 0.3) is 0 Å². The van der Waals surface area contributed by atoms with Crippen molar-refractivity contribution < 1.29 is 0 Å². The van der Waals surface area contributed by atoms with Gasteiger partial charge < -0.3 is 5.73 Å². The molecule has 0 saturated heterocycles. The Hall–Kier alpha value is -0.470. The quantitative estimate of drug-likeness (QED) is 0.811. The second-order valence-corrected chi connectivity index (χ2v) is 4.80. The zero-order valence-corrected chi connectivity index (χ0v) is 10.5. The number of aromatic nitrogens is 3. The third kappa shape index (κ3) is 1.96. The molecule has 0 aliphatic heterocycles. The first-order valence-corrected chi connectivity index (χ1v) is 5.91. The first-order chi connectivity index (χ1) is 6.66. The minimum Gasteiger partial charge on any atom is -0.368 e. The summed E-state index contributed by atoms with van der Waals surface area (Å²) in [5, 5.41) is 2.09. The largest absolute Gasteiger partial charge is 0.368 e. The number of hydrogen-bond donors (Lipinski definition) is 1. The van der Waals surface area contributed by atoms with Crippen LogP contribution in [0.1, 0.15) is 0 Å². The molecule has 0 radical (unpaired) electrons. The van der Waals surface area contributed by atoms with Crippen molar-refractivity contribution in [2.45, 2.75) is 0 Å². The van der Waals surface area contributed by atoms with Gasteiger partial charge in [-0.05, 0) is 45.6 Å². The average Bonchev–Trinajstić information content (AvgIpc) is 2.49. The van der Waals surface area contributed by atoms with E-state index in [2.05, 4.69) is 37.5 Å². The molecular weight excluding hydrogens is 335 g/mol. The Morgan fingerprint density at radius 1 is 1.36 bits per heavy atom. The highest BCUT2D eigenvalue weighted by molar-refractivity contribution is 14.1. The fraction of sp³-hybridized carbons (Fsp3) is 0. The van der Waals surface area contributed by atoms with Crippen LogP contribution in [0.25, 0.3) is 10.7 Å². The van der Waals surface area contributed by atoms with Gasteiger partial charge in [-0.1, -0.05) is 0 Å². The third-order valence-corrected chi connectivity index (χ3v) is 3.79. The SMILES string of the molecule is Nc1nc(Cl)nc(-c2sccc2I)n1. The summed E-state index contributed by atoms with van der Waals surface area (Å²) in [6.45, 7) is 0. The smallest absolute Gasteiger partial charge is 0.227 e. The van der Waals surface area contributed by atoms with Crippen LogP contribution in [-0.2, 0) is 0 Å². The lowest BCUT2D eigenvalue weighted by atomic mass is 10.4. The molecule has 0 atom stereocenters. The summed E-state index contributed by atoms with van der Waals surface area (Å²) in [4.78, 5) is 12.7. The molecule has 0 aliphatic carbocycles. The van der Waals surface area contributed by atoms with Crippen molar-refractivity contribution >= 4 is 51.5 Å². The van der Waals surface area contributed by atoms with E-state index >= 15 is 0 Å². The van der Waals surface area contributed by atoms with Crippen LogP contribution < -0.4 is 5.73 Å². The zero-order valence-electron chi connectivity index (χ0n) is 6.74. The van der Waals surface area contributed by atoms with Crippen LogP contribution in [-0.4, -0.2) is 15.0 Å². The minimum absolute atomic E-state index is 0.122. The van der Waals surface area contributed by atoms with Gasteiger partial charge in [0.15, 0.2) is 5.82 Å². The number of rotatable bonds is 1. The van der Waals surface area contributed by atoms with Gasteiger partial charge in [0.2, 0.25) is 11.2 Å². The number of anilines is 1. The molecule has 4 nitrogen and oxygen atoms in total. The first kappa shape index (κ1) is 10.1. The maximum Gasteiger partial charge on any atom is 0.227 e. The van der Waals surface area contributed by atoms with Gasteiger partial charge in [-0.2, -0.15) is 15.0 Å². The molecule has 0 fully saturated rings. The lowest BCUT2D eigenvalue weighted by Crippen LogP contribution is -1.99. The molecule has 0 aliphatic rings. The average molecular weight is 339 g/mol. The van der Waals surface area contributed by atoms with E-state index in [1.165, 1.54) is 0 Å². The fourth-order valence-electron chi connectivity index (χ4n) is 0.920. The molecule has 72 valence electrons. The van der Waals surface area contributed by atoms with Crippen LogP contribution in [0.3, 0.4) is 0 Å². The summed E-state index contributed by atoms with van der Waals surface area (Å²) in [5.74, 6) is 0.672. The van der Waals surface area contributed by atoms with E-state index in [1.807, 2.05) is 11.4 Å². The second-order valence-electron chi connectivity index (χ2n) is 2.38. The van der Waals surface area contributed by atoms with Crippen molar-refractivity contribution in [1.29, 1.82) is 0 Å². The fourth-order valence-corrected chi connectivity index (χ4v) is 2.85. The lowest BCUT2D eigenvalue weighted by Gasteiger charge is -1.98. The predicted molar refractivity (Wildman–Crippen MR) is 65.3 cm³/mol. The highest BCUT2D eigenvalue weighted by atomic mass is 127. The Morgan fingerprint density at radius 3 is 2.71 bits per heavy atom. The van der Waals surface area contributed by atoms with E-state index in [4.69, 9.17) is 17.3 Å². The number of nitrogens with two attached hydrogens (primary N) is 1. The molecule has 2 rings (SSSR count). The highest BCUT2D eigenvalue weighted by Gasteiger charge is 2.09. The maximum atomic E-state index is 5.68. The molecule has 2 heterocycles. The first-order valence-electron chi connectivity index (χ1n) is 3.57. The number of hydrogen-bond acceptors (Lipinski definition) is 5. The number of nitrogens with zero attached hydrogens (tertiary/aromatic N) is 3. The number of thiophene rings is 1. The Bertz CT molecular complexity index is 452. The summed E-state index contributed by atoms with van der Waals surface area (Å²) >= 11 is 9.43. The Kier molecular flexibility index (Phi) is 2.84. The van der Waals surface area contributed by atoms with Gasteiger partial charge in [0.05, 0.1) is 4.88 Å². The molecule has 0 bridgehead atoms. The van der Waals surface area contributed by atoms with E-state index in [9.17, 15) is 0 Å². The van der Waals surface area contributed by atoms with Crippen molar-refractivity contribution in [1.82, 2.24) is 15.0 Å². The lowest BCUT2D eigenvalue weighted by molar-refractivity contribution is 1.08. The number of halogens is 2. The van der Waals surface area contributed by atoms with E-state index in [0.717, 1.165) is 8.45 Å². The summed E-state index contributed by atoms with van der Waals surface area (Å²) in [6, 6.07) is 1.98. The van der Waals surface area contributed by atoms with E-state index < -0.39 is 0 Å². The van der Waals surface area contributed by atoms with Crippen molar-refractivity contribution in [3.63, 3.8) is 0 Å². The molecule has 0 saturated carbocycles. The molecular formula is C7H4ClIN4S. The van der Waals surface area contributed by atoms with E-state index in [-0.39, 0.29) is 11.2 Å². The topological polar surface area (TPSA) is 64.7 Å². The normalized spacial score (nSPS) is 10.4. The molecule has 0 unspecified atom stereocenters. The second kappa shape index (κ2) is 3.95. The van der Waals surface area contributed by atoms with Crippen LogP contribution in [0.4, 0.5) is 5.95 Å². The van der Waals surface area contributed by atoms with Crippen LogP contribution >= 0.6 is 45.5 Å². The van der Waals surface area contributed by atoms with E-state index in [0.29, 0.717) is 5.82 Å². The zero-order chi connectivity index (χ0) is 10.1. The van der Waals surface area contributed by atoms with Gasteiger partial charge in [0, 0.05) is 3.57 Å². The van der Waals surface area contributed by atoms with Gasteiger partial charge >= 0.3 is 0 Å². The van der Waals surface area contributed by atoms with Crippen molar-refractivity contribution in [3.05, 3.63) is 20.3 Å². The van der Waals surface area contributed by atoms with Gasteiger partial charge in [0.1, 0.15) is 0 Å². The Balaban J connectivity index is 2.57. The maximum absolute atomic E-state index is 5.68. The van der Waals surface area contributed by atoms with Crippen LogP contribution in [0.5, 0.6) is 0 Å². The molecule has 0 amide bonds. The summed E-state index contributed by atoms with van der Waals surface area (Å²) in [5.41, 5.74) is 5.47. The Labute approximate surface area is 103 Å². The predicted octanol–water partition coefficient (Wildman–Crippen LogP) is 2.44. The summed E-state index contributed by atoms with van der Waals surface area (Å²) in [6.07, 6.45) is 0. The van der Waals surface area contributed by atoms with Crippen molar-refractivity contribution in [3.8, 4) is 10.7 Å². The standard InChI is InChI=1S/C7H4ClIN4S/c8-6-11-5(12-7(10)13-6)4-3(9)1-2-14-4/h1-2H,(H2,10,11,12,13). The summed E-state index contributed by atoms with van der Waals surface area (Å²) in [7, 11) is 0. The van der Waals surface area contributed by atoms with Crippen molar-refractivity contribution in [2.24, 2.45) is 0 Å². The van der Waals surface area contributed by atoms with Crippen LogP contribution in [0.15, 0.2) is 11.4 Å². The van der Waals surface area contributed by atoms with Crippen molar-refractivity contribution in [2.75, 3.05) is 5.73 Å². The van der Waals surface area contributed by atoms with Gasteiger partial charge in [-0.3, -0.25) is 0 Å². The third-order valence-electron chi connectivity index (χ3n) is 1.45. The Morgan fingerprint density at radius 2 is 2.14 bits per heavy atom. The molecule has 2 aromatic rings. The van der Waals surface area contributed by atoms with Crippen LogP contribution in [0, 0.1) is 3.57 Å². The molecule has 0 aromatic carbocycles. The molecule has 7 heteroatoms. The molecule has 0 spiro atoms. The summed E-state index contributed by atoms with van der Waals surface area (Å²) < 4.78 is 1.08. The van der Waals surface area contributed by atoms with Gasteiger partial charge in [-0.15, -0.1) is 11.3 Å². The molecule has 2 aromatic heterocycles. The van der Waals surface area contributed by atoms with Gasteiger partial charge in [-0.25, -0.2) is 0 Å². The number of nitrogen functional groups attached to an aromatic ring is 1. The monoisotopic (exact) mass is 338 g/mol. The highest BCUT2D eigenvalue weighted by Crippen LogP contribution is 2.28. The van der Waals surface area contributed by atoms with Crippen LogP contribution in [0.2, 0.25) is 5.28 Å². The molecule has 14 heavy (non-hydrogen) atoms. The molecule has 2 N–H and O–H groups in total.